The fourth-order valence-electron chi connectivity index (χ4n) is 4.62. The topological polar surface area (TPSA) is 101 Å². The lowest BCUT2D eigenvalue weighted by Crippen LogP contribution is -2.48. The van der Waals surface area contributed by atoms with Gasteiger partial charge in [0.1, 0.15) is 6.61 Å². The molecule has 232 valence electrons. The zero-order chi connectivity index (χ0) is 30.5. The second-order valence-electron chi connectivity index (χ2n) is 10.3. The van der Waals surface area contributed by atoms with Crippen molar-refractivity contribution in [3.8, 4) is 11.8 Å². The highest BCUT2D eigenvalue weighted by Gasteiger charge is 2.20. The summed E-state index contributed by atoms with van der Waals surface area (Å²) >= 11 is 0. The first-order valence-electron chi connectivity index (χ1n) is 15.1. The number of piperazine rings is 1. The number of esters is 1. The predicted molar refractivity (Wildman–Crippen MR) is 168 cm³/mol. The average Bonchev–Trinajstić information content (AvgIpc) is 3.04. The first kappa shape index (κ1) is 33.8. The maximum absolute atomic E-state index is 12.6. The Hall–Kier alpha value is -3.68. The van der Waals surface area contributed by atoms with Crippen molar-refractivity contribution in [1.29, 1.82) is 0 Å². The van der Waals surface area contributed by atoms with Gasteiger partial charge in [-0.25, -0.2) is 10.3 Å². The third-order valence-electron chi connectivity index (χ3n) is 7.12. The third-order valence-corrected chi connectivity index (χ3v) is 7.12. The number of amides is 1. The zero-order valence-electron chi connectivity index (χ0n) is 25.3. The van der Waals surface area contributed by atoms with Gasteiger partial charge in [-0.1, -0.05) is 43.2 Å². The van der Waals surface area contributed by atoms with E-state index in [2.05, 4.69) is 34.4 Å². The van der Waals surface area contributed by atoms with Gasteiger partial charge in [0.05, 0.1) is 19.8 Å². The Morgan fingerprint density at radius 3 is 2.14 bits per heavy atom. The number of carbonyl (C=O) groups excluding carboxylic acids is 2. The second kappa shape index (κ2) is 20.3. The minimum absolute atomic E-state index is 0.202. The van der Waals surface area contributed by atoms with Crippen molar-refractivity contribution < 1.29 is 29.0 Å². The molecule has 0 spiro atoms. The van der Waals surface area contributed by atoms with E-state index in [-0.39, 0.29) is 12.5 Å². The molecule has 1 heterocycles. The SMILES string of the molecule is COCCOCCOC(=O)/C=C/c1ccc(C#Cc2ccc(N3CCN(C(=O)CCCCCCCNO)CC3)cc2)cc1. The van der Waals surface area contributed by atoms with E-state index in [4.69, 9.17) is 19.4 Å². The molecule has 9 heteroatoms. The highest BCUT2D eigenvalue weighted by molar-refractivity contribution is 5.87. The molecule has 3 rings (SSSR count). The van der Waals surface area contributed by atoms with Crippen molar-refractivity contribution in [3.63, 3.8) is 0 Å². The lowest BCUT2D eigenvalue weighted by atomic mass is 10.1. The van der Waals surface area contributed by atoms with Crippen molar-refractivity contribution >= 4 is 23.6 Å². The molecular formula is C34H45N3O6. The van der Waals surface area contributed by atoms with Gasteiger partial charge < -0.3 is 29.2 Å². The van der Waals surface area contributed by atoms with Gasteiger partial charge in [0.25, 0.3) is 0 Å². The molecule has 9 nitrogen and oxygen atoms in total. The number of hydroxylamine groups is 1. The predicted octanol–water partition coefficient (Wildman–Crippen LogP) is 4.27. The van der Waals surface area contributed by atoms with E-state index in [1.807, 2.05) is 41.3 Å². The van der Waals surface area contributed by atoms with Crippen LogP contribution >= 0.6 is 0 Å². The molecule has 1 amide bonds. The molecule has 0 aromatic heterocycles. The molecule has 2 aromatic carbocycles. The zero-order valence-corrected chi connectivity index (χ0v) is 25.3. The summed E-state index contributed by atoms with van der Waals surface area (Å²) in [6.45, 7) is 5.30. The van der Waals surface area contributed by atoms with Crippen LogP contribution in [0.5, 0.6) is 0 Å². The largest absolute Gasteiger partial charge is 0.460 e. The molecule has 0 unspecified atom stereocenters. The first-order chi connectivity index (χ1) is 21.1. The monoisotopic (exact) mass is 591 g/mol. The van der Waals surface area contributed by atoms with Crippen LogP contribution in [0.15, 0.2) is 54.6 Å². The number of nitrogens with one attached hydrogen (secondary N) is 1. The minimum atomic E-state index is -0.413. The van der Waals surface area contributed by atoms with Gasteiger partial charge >= 0.3 is 5.97 Å². The van der Waals surface area contributed by atoms with E-state index in [0.29, 0.717) is 32.8 Å². The summed E-state index contributed by atoms with van der Waals surface area (Å²) in [7, 11) is 1.61. The van der Waals surface area contributed by atoms with Crippen molar-refractivity contribution in [2.45, 2.75) is 38.5 Å². The van der Waals surface area contributed by atoms with Gasteiger partial charge in [0.15, 0.2) is 0 Å². The number of nitrogens with zero attached hydrogens (tertiary/aromatic N) is 2. The van der Waals surface area contributed by atoms with Gasteiger partial charge in [-0.3, -0.25) is 4.79 Å². The van der Waals surface area contributed by atoms with Crippen LogP contribution in [0.25, 0.3) is 6.08 Å². The summed E-state index contributed by atoms with van der Waals surface area (Å²) in [5, 5.41) is 8.59. The summed E-state index contributed by atoms with van der Waals surface area (Å²) in [5.74, 6) is 6.25. The highest BCUT2D eigenvalue weighted by atomic mass is 16.6. The molecule has 2 aromatic rings. The summed E-state index contributed by atoms with van der Waals surface area (Å²) in [6.07, 6.45) is 8.85. The molecule has 43 heavy (non-hydrogen) atoms. The van der Waals surface area contributed by atoms with Crippen LogP contribution in [-0.2, 0) is 23.8 Å². The second-order valence-corrected chi connectivity index (χ2v) is 10.3. The number of hydrogen-bond donors (Lipinski definition) is 2. The fraction of sp³-hybridized carbons (Fsp3) is 0.471. The summed E-state index contributed by atoms with van der Waals surface area (Å²) in [4.78, 5) is 28.7. The molecule has 0 atom stereocenters. The van der Waals surface area contributed by atoms with E-state index < -0.39 is 5.97 Å². The number of benzene rings is 2. The Balaban J connectivity index is 1.36. The van der Waals surface area contributed by atoms with Crippen molar-refractivity contribution in [3.05, 3.63) is 71.3 Å². The van der Waals surface area contributed by atoms with E-state index in [1.54, 1.807) is 13.2 Å². The number of hydrogen-bond acceptors (Lipinski definition) is 8. The Morgan fingerprint density at radius 2 is 1.47 bits per heavy atom. The number of ether oxygens (including phenoxy) is 3. The lowest BCUT2D eigenvalue weighted by molar-refractivity contribution is -0.139. The van der Waals surface area contributed by atoms with Crippen LogP contribution in [0.2, 0.25) is 0 Å². The molecule has 1 aliphatic heterocycles. The Kier molecular flexibility index (Phi) is 15.9. The van der Waals surface area contributed by atoms with Crippen LogP contribution in [0.4, 0.5) is 5.69 Å². The number of anilines is 1. The molecule has 0 bridgehead atoms. The average molecular weight is 592 g/mol. The molecular weight excluding hydrogens is 546 g/mol. The lowest BCUT2D eigenvalue weighted by Gasteiger charge is -2.36. The maximum Gasteiger partial charge on any atom is 0.330 e. The van der Waals surface area contributed by atoms with E-state index in [9.17, 15) is 9.59 Å². The molecule has 2 N–H and O–H groups in total. The van der Waals surface area contributed by atoms with Crippen LogP contribution in [0.3, 0.4) is 0 Å². The molecule has 0 radical (unpaired) electrons. The van der Waals surface area contributed by atoms with Gasteiger partial charge in [-0.2, -0.15) is 0 Å². The van der Waals surface area contributed by atoms with Crippen LogP contribution in [-0.4, -0.2) is 88.2 Å². The minimum Gasteiger partial charge on any atom is -0.460 e. The highest BCUT2D eigenvalue weighted by Crippen LogP contribution is 2.18. The quantitative estimate of drug-likeness (QED) is 0.0925. The van der Waals surface area contributed by atoms with E-state index in [0.717, 1.165) is 80.7 Å². The van der Waals surface area contributed by atoms with Crippen molar-refractivity contribution in [1.82, 2.24) is 10.4 Å². The Bertz CT molecular complexity index is 1180. The summed E-state index contributed by atoms with van der Waals surface area (Å²) < 4.78 is 15.3. The van der Waals surface area contributed by atoms with E-state index >= 15 is 0 Å². The number of rotatable bonds is 17. The Labute approximate surface area is 255 Å². The number of carbonyl (C=O) groups is 2. The van der Waals surface area contributed by atoms with Gasteiger partial charge in [-0.15, -0.1) is 0 Å². The van der Waals surface area contributed by atoms with Gasteiger partial charge in [0, 0.05) is 69.1 Å². The first-order valence-corrected chi connectivity index (χ1v) is 15.1. The van der Waals surface area contributed by atoms with Crippen molar-refractivity contribution in [2.75, 3.05) is 71.2 Å². The van der Waals surface area contributed by atoms with Gasteiger partial charge in [0.2, 0.25) is 5.91 Å². The van der Waals surface area contributed by atoms with Crippen LogP contribution < -0.4 is 10.4 Å². The van der Waals surface area contributed by atoms with E-state index in [1.165, 1.54) is 6.08 Å². The van der Waals surface area contributed by atoms with Crippen LogP contribution in [0.1, 0.15) is 55.2 Å². The number of methoxy groups -OCH3 is 1. The number of unbranched alkanes of at least 4 members (excludes halogenated alkanes) is 4. The maximum atomic E-state index is 12.6. The van der Waals surface area contributed by atoms with Gasteiger partial charge in [-0.05, 0) is 60.9 Å². The third kappa shape index (κ3) is 13.4. The molecule has 0 aliphatic carbocycles. The molecule has 1 fully saturated rings. The summed E-state index contributed by atoms with van der Waals surface area (Å²) in [5.41, 5.74) is 6.02. The Morgan fingerprint density at radius 1 is 0.837 bits per heavy atom. The summed E-state index contributed by atoms with van der Waals surface area (Å²) in [6, 6.07) is 15.9. The van der Waals surface area contributed by atoms with Crippen molar-refractivity contribution in [2.24, 2.45) is 0 Å². The molecule has 1 saturated heterocycles. The normalized spacial score (nSPS) is 13.2. The van der Waals surface area contributed by atoms with Crippen LogP contribution in [0, 0.1) is 11.8 Å². The molecule has 1 aliphatic rings. The standard InChI is InChI=1S/C34H45N3O6/c1-41-25-26-42-27-28-43-34(39)19-16-30-11-8-29(9-12-30)10-13-31-14-17-32(18-15-31)36-21-23-37(24-22-36)33(38)7-5-3-2-4-6-20-35-40/h8-9,11-12,14-19,35,40H,2-7,20-28H2,1H3/b19-16+. The fourth-order valence-corrected chi connectivity index (χ4v) is 4.62. The smallest absolute Gasteiger partial charge is 0.330 e. The molecule has 0 saturated carbocycles.